The molecule has 2 heterocycles. The number of hydrogen-bond acceptors (Lipinski definition) is 5. The molecule has 8 nitrogen and oxygen atoms in total. The van der Waals surface area contributed by atoms with Gasteiger partial charge in [0.05, 0.1) is 0 Å². The van der Waals surface area contributed by atoms with E-state index in [2.05, 4.69) is 22.8 Å². The third-order valence-electron chi connectivity index (χ3n) is 7.60. The Morgan fingerprint density at radius 2 is 1.53 bits per heavy atom. The van der Waals surface area contributed by atoms with Crippen molar-refractivity contribution in [2.24, 2.45) is 5.92 Å². The number of hydrogen-bond donors (Lipinski definition) is 3. The van der Waals surface area contributed by atoms with Crippen molar-refractivity contribution in [3.8, 4) is 0 Å². The Morgan fingerprint density at radius 1 is 0.912 bits per heavy atom. The standard InChI is InChI=1S/C26H38N4O4/c31-24(22-4-2-1-3-5-22)30(26(34)29-16-14-28-15-17-29)23(25(32)33)18-19-6-8-20(9-7-19)21-10-12-27-13-11-21/h6-9,21-23,27-28H,1-5,10-18H2,(H,32,33). The maximum Gasteiger partial charge on any atom is 0.327 e. The number of carboxylic acids is 1. The molecule has 0 aromatic heterocycles. The van der Waals surface area contributed by atoms with E-state index in [0.29, 0.717) is 32.1 Å². The highest BCUT2D eigenvalue weighted by Gasteiger charge is 2.40. The van der Waals surface area contributed by atoms with Crippen LogP contribution in [0, 0.1) is 5.92 Å². The lowest BCUT2D eigenvalue weighted by Gasteiger charge is -2.37. The van der Waals surface area contributed by atoms with Gasteiger partial charge in [0.1, 0.15) is 6.04 Å². The second-order valence-electron chi connectivity index (χ2n) is 9.89. The lowest BCUT2D eigenvalue weighted by atomic mass is 9.87. The summed E-state index contributed by atoms with van der Waals surface area (Å²) in [7, 11) is 0. The van der Waals surface area contributed by atoms with Crippen LogP contribution >= 0.6 is 0 Å². The normalized spacial score (nSPS) is 21.1. The van der Waals surface area contributed by atoms with Crippen molar-refractivity contribution in [1.82, 2.24) is 20.4 Å². The van der Waals surface area contributed by atoms with Gasteiger partial charge in [-0.1, -0.05) is 43.5 Å². The summed E-state index contributed by atoms with van der Waals surface area (Å²) in [5, 5.41) is 16.8. The lowest BCUT2D eigenvalue weighted by Crippen LogP contribution is -2.59. The van der Waals surface area contributed by atoms with Crippen LogP contribution < -0.4 is 10.6 Å². The van der Waals surface area contributed by atoms with Gasteiger partial charge in [0.15, 0.2) is 0 Å². The molecule has 1 unspecified atom stereocenters. The molecule has 34 heavy (non-hydrogen) atoms. The Morgan fingerprint density at radius 3 is 2.15 bits per heavy atom. The number of rotatable bonds is 6. The summed E-state index contributed by atoms with van der Waals surface area (Å²) in [4.78, 5) is 42.2. The molecule has 186 valence electrons. The zero-order chi connectivity index (χ0) is 23.9. The fourth-order valence-electron chi connectivity index (χ4n) is 5.53. The molecule has 0 bridgehead atoms. The van der Waals surface area contributed by atoms with E-state index in [1.165, 1.54) is 5.56 Å². The zero-order valence-corrected chi connectivity index (χ0v) is 20.0. The number of aliphatic carboxylic acids is 1. The van der Waals surface area contributed by atoms with Crippen molar-refractivity contribution < 1.29 is 19.5 Å². The summed E-state index contributed by atoms with van der Waals surface area (Å²) in [5.74, 6) is -1.20. The van der Waals surface area contributed by atoms with Gasteiger partial charge in [-0.3, -0.25) is 4.79 Å². The number of carbonyl (C=O) groups excluding carboxylic acids is 2. The number of nitrogens with zero attached hydrogens (tertiary/aromatic N) is 2. The highest BCUT2D eigenvalue weighted by Crippen LogP contribution is 2.29. The summed E-state index contributed by atoms with van der Waals surface area (Å²) >= 11 is 0. The van der Waals surface area contributed by atoms with Crippen molar-refractivity contribution in [2.45, 2.75) is 63.3 Å². The van der Waals surface area contributed by atoms with Crippen LogP contribution in [-0.4, -0.2) is 78.1 Å². The zero-order valence-electron chi connectivity index (χ0n) is 20.0. The number of carbonyl (C=O) groups is 3. The number of urea groups is 1. The van der Waals surface area contributed by atoms with E-state index in [-0.39, 0.29) is 18.2 Å². The fraction of sp³-hybridized carbons (Fsp3) is 0.654. The van der Waals surface area contributed by atoms with E-state index in [4.69, 9.17) is 0 Å². The molecule has 1 saturated carbocycles. The third kappa shape index (κ3) is 5.96. The third-order valence-corrected chi connectivity index (χ3v) is 7.60. The molecule has 1 aromatic carbocycles. The largest absolute Gasteiger partial charge is 0.480 e. The molecule has 0 radical (unpaired) electrons. The SMILES string of the molecule is O=C(O)C(Cc1ccc(C2CCNCC2)cc1)N(C(=O)C1CCCCC1)C(=O)N1CCNCC1. The van der Waals surface area contributed by atoms with Gasteiger partial charge < -0.3 is 20.6 Å². The first-order valence-corrected chi connectivity index (χ1v) is 12.9. The number of nitrogens with one attached hydrogen (secondary N) is 2. The van der Waals surface area contributed by atoms with Crippen LogP contribution in [0.25, 0.3) is 0 Å². The first kappa shape index (κ1) is 24.7. The van der Waals surface area contributed by atoms with E-state index in [9.17, 15) is 19.5 Å². The van der Waals surface area contributed by atoms with Crippen LogP contribution in [0.15, 0.2) is 24.3 Å². The number of carboxylic acid groups (broad SMARTS) is 1. The molecule has 2 saturated heterocycles. The van der Waals surface area contributed by atoms with E-state index in [1.54, 1.807) is 4.90 Å². The van der Waals surface area contributed by atoms with Gasteiger partial charge in [0, 0.05) is 38.5 Å². The van der Waals surface area contributed by atoms with Crippen LogP contribution in [-0.2, 0) is 16.0 Å². The number of benzene rings is 1. The van der Waals surface area contributed by atoms with E-state index in [0.717, 1.165) is 68.5 Å². The molecular weight excluding hydrogens is 432 g/mol. The number of imide groups is 1. The van der Waals surface area contributed by atoms with Gasteiger partial charge in [-0.15, -0.1) is 0 Å². The predicted octanol–water partition coefficient (Wildman–Crippen LogP) is 2.58. The Bertz CT molecular complexity index is 811. The van der Waals surface area contributed by atoms with Crippen molar-refractivity contribution in [2.75, 3.05) is 39.3 Å². The highest BCUT2D eigenvalue weighted by molar-refractivity contribution is 5.99. The minimum absolute atomic E-state index is 0.123. The summed E-state index contributed by atoms with van der Waals surface area (Å²) in [6.45, 7) is 4.27. The quantitative estimate of drug-likeness (QED) is 0.591. The maximum atomic E-state index is 13.6. The predicted molar refractivity (Wildman–Crippen MR) is 130 cm³/mol. The van der Waals surface area contributed by atoms with Crippen molar-refractivity contribution in [3.05, 3.63) is 35.4 Å². The summed E-state index contributed by atoms with van der Waals surface area (Å²) in [6, 6.07) is 6.42. The van der Waals surface area contributed by atoms with Crippen molar-refractivity contribution >= 4 is 17.9 Å². The molecule has 0 spiro atoms. The molecule has 8 heteroatoms. The number of amides is 3. The molecule has 3 N–H and O–H groups in total. The monoisotopic (exact) mass is 470 g/mol. The van der Waals surface area contributed by atoms with Gasteiger partial charge in [-0.2, -0.15) is 0 Å². The number of piperidine rings is 1. The molecule has 3 aliphatic rings. The van der Waals surface area contributed by atoms with Gasteiger partial charge in [0.2, 0.25) is 5.91 Å². The fourth-order valence-corrected chi connectivity index (χ4v) is 5.53. The van der Waals surface area contributed by atoms with Gasteiger partial charge >= 0.3 is 12.0 Å². The second kappa shape index (κ2) is 11.8. The van der Waals surface area contributed by atoms with Crippen molar-refractivity contribution in [1.29, 1.82) is 0 Å². The molecule has 3 amide bonds. The van der Waals surface area contributed by atoms with Crippen LogP contribution in [0.2, 0.25) is 0 Å². The maximum absolute atomic E-state index is 13.6. The second-order valence-corrected chi connectivity index (χ2v) is 9.89. The molecule has 3 fully saturated rings. The lowest BCUT2D eigenvalue weighted by molar-refractivity contribution is -0.150. The Balaban J connectivity index is 1.55. The van der Waals surface area contributed by atoms with Gasteiger partial charge in [0.25, 0.3) is 0 Å². The molecule has 1 atom stereocenters. The number of piperazine rings is 1. The van der Waals surface area contributed by atoms with Crippen LogP contribution in [0.5, 0.6) is 0 Å². The average Bonchev–Trinajstić information content (AvgIpc) is 2.90. The minimum Gasteiger partial charge on any atom is -0.480 e. The Hall–Kier alpha value is -2.45. The first-order valence-electron chi connectivity index (χ1n) is 12.9. The van der Waals surface area contributed by atoms with E-state index in [1.807, 2.05) is 12.1 Å². The smallest absolute Gasteiger partial charge is 0.327 e. The van der Waals surface area contributed by atoms with Crippen LogP contribution in [0.1, 0.15) is 62.0 Å². The molecular formula is C26H38N4O4. The van der Waals surface area contributed by atoms with Gasteiger partial charge in [-0.05, 0) is 55.8 Å². The van der Waals surface area contributed by atoms with Crippen molar-refractivity contribution in [3.63, 3.8) is 0 Å². The Kier molecular flexibility index (Phi) is 8.56. The highest BCUT2D eigenvalue weighted by atomic mass is 16.4. The van der Waals surface area contributed by atoms with E-state index >= 15 is 0 Å². The summed E-state index contributed by atoms with van der Waals surface area (Å²) < 4.78 is 0. The molecule has 1 aromatic rings. The molecule has 1 aliphatic carbocycles. The van der Waals surface area contributed by atoms with Gasteiger partial charge in [-0.25, -0.2) is 14.5 Å². The van der Waals surface area contributed by atoms with Crippen LogP contribution in [0.4, 0.5) is 4.79 Å². The first-order chi connectivity index (χ1) is 16.5. The Labute approximate surface area is 202 Å². The molecule has 2 aliphatic heterocycles. The summed E-state index contributed by atoms with van der Waals surface area (Å²) in [6.07, 6.45) is 6.74. The average molecular weight is 471 g/mol. The summed E-state index contributed by atoms with van der Waals surface area (Å²) in [5.41, 5.74) is 2.10. The topological polar surface area (TPSA) is 102 Å². The molecule has 4 rings (SSSR count). The van der Waals surface area contributed by atoms with Crippen LogP contribution in [0.3, 0.4) is 0 Å². The van der Waals surface area contributed by atoms with E-state index < -0.39 is 18.0 Å². The minimum atomic E-state index is -1.21.